The van der Waals surface area contributed by atoms with E-state index in [1.54, 1.807) is 36.4 Å². The van der Waals surface area contributed by atoms with Crippen molar-refractivity contribution in [1.82, 2.24) is 10.0 Å². The summed E-state index contributed by atoms with van der Waals surface area (Å²) in [7, 11) is -2.10. The van der Waals surface area contributed by atoms with Crippen molar-refractivity contribution in [1.29, 1.82) is 0 Å². The molecule has 0 aliphatic heterocycles. The van der Waals surface area contributed by atoms with Gasteiger partial charge in [0.1, 0.15) is 0 Å². The molecule has 3 amide bonds. The van der Waals surface area contributed by atoms with Gasteiger partial charge in [0.15, 0.2) is 0 Å². The Balaban J connectivity index is 1.87. The zero-order valence-electron chi connectivity index (χ0n) is 15.7. The van der Waals surface area contributed by atoms with Crippen molar-refractivity contribution in [3.05, 3.63) is 59.7 Å². The molecular weight excluding hydrogens is 380 g/mol. The number of urea groups is 1. The Bertz CT molecular complexity index is 925. The highest BCUT2D eigenvalue weighted by atomic mass is 32.2. The summed E-state index contributed by atoms with van der Waals surface area (Å²) in [5.41, 5.74) is 7.42. The number of nitrogens with two attached hydrogens (primary N) is 1. The van der Waals surface area contributed by atoms with Gasteiger partial charge in [-0.3, -0.25) is 4.79 Å². The van der Waals surface area contributed by atoms with E-state index in [0.717, 1.165) is 11.1 Å². The van der Waals surface area contributed by atoms with Crippen LogP contribution in [-0.2, 0) is 21.2 Å². The maximum absolute atomic E-state index is 12.2. The molecular formula is C19H24N4O4S. The molecule has 9 heteroatoms. The quantitative estimate of drug-likeness (QED) is 0.535. The summed E-state index contributed by atoms with van der Waals surface area (Å²) in [6.45, 7) is 1.87. The van der Waals surface area contributed by atoms with Gasteiger partial charge in [-0.15, -0.1) is 0 Å². The molecule has 2 rings (SSSR count). The van der Waals surface area contributed by atoms with Crippen LogP contribution < -0.4 is 21.1 Å². The minimum atomic E-state index is -3.46. The fraction of sp³-hybridized carbons (Fsp3) is 0.263. The number of sulfonamides is 1. The standard InChI is InChI=1S/C19H24N4O4S/c1-13(15-6-8-16(9-7-15)23-19(20)25)22-18(24)12-5-14-3-10-17(11-4-14)28(26,27)21-2/h3-4,6-11,13,21H,5,12H2,1-2H3,(H,22,24)(H3,20,23,25). The van der Waals surface area contributed by atoms with Crippen molar-refractivity contribution in [2.24, 2.45) is 5.73 Å². The first kappa shape index (κ1) is 21.4. The highest BCUT2D eigenvalue weighted by Crippen LogP contribution is 2.17. The minimum absolute atomic E-state index is 0.112. The Morgan fingerprint density at radius 1 is 1.04 bits per heavy atom. The van der Waals surface area contributed by atoms with Gasteiger partial charge in [-0.25, -0.2) is 17.9 Å². The molecule has 2 aromatic rings. The zero-order valence-corrected chi connectivity index (χ0v) is 16.5. The lowest BCUT2D eigenvalue weighted by Crippen LogP contribution is -2.26. The van der Waals surface area contributed by atoms with Gasteiger partial charge >= 0.3 is 6.03 Å². The van der Waals surface area contributed by atoms with E-state index in [1.165, 1.54) is 19.2 Å². The SMILES string of the molecule is CNS(=O)(=O)c1ccc(CCC(=O)NC(C)c2ccc(NC(N)=O)cc2)cc1. The number of rotatable bonds is 8. The van der Waals surface area contributed by atoms with Gasteiger partial charge in [0.2, 0.25) is 15.9 Å². The third kappa shape index (κ3) is 6.07. The summed E-state index contributed by atoms with van der Waals surface area (Å²) in [6, 6.07) is 12.6. The van der Waals surface area contributed by atoms with Crippen LogP contribution in [0.2, 0.25) is 0 Å². The zero-order chi connectivity index (χ0) is 20.7. The summed E-state index contributed by atoms with van der Waals surface area (Å²) in [6.07, 6.45) is 0.781. The molecule has 0 fully saturated rings. The van der Waals surface area contributed by atoms with Crippen molar-refractivity contribution in [3.8, 4) is 0 Å². The van der Waals surface area contributed by atoms with Crippen molar-refractivity contribution < 1.29 is 18.0 Å². The third-order valence-corrected chi connectivity index (χ3v) is 5.63. The Labute approximate surface area is 164 Å². The fourth-order valence-corrected chi connectivity index (χ4v) is 3.34. The largest absolute Gasteiger partial charge is 0.351 e. The second-order valence-corrected chi connectivity index (χ2v) is 8.14. The number of anilines is 1. The number of benzene rings is 2. The van der Waals surface area contributed by atoms with E-state index in [4.69, 9.17) is 5.73 Å². The van der Waals surface area contributed by atoms with Crippen LogP contribution in [0.4, 0.5) is 10.5 Å². The van der Waals surface area contributed by atoms with Gasteiger partial charge in [0.05, 0.1) is 10.9 Å². The molecule has 0 saturated heterocycles. The summed E-state index contributed by atoms with van der Waals surface area (Å²) in [5, 5.41) is 5.39. The predicted molar refractivity (Wildman–Crippen MR) is 107 cm³/mol. The van der Waals surface area contributed by atoms with Crippen LogP contribution in [0, 0.1) is 0 Å². The number of primary amides is 1. The Kier molecular flexibility index (Phi) is 7.13. The first-order valence-corrected chi connectivity index (χ1v) is 10.2. The molecule has 0 bridgehead atoms. The summed E-state index contributed by atoms with van der Waals surface area (Å²) in [5.74, 6) is -0.112. The topological polar surface area (TPSA) is 130 Å². The lowest BCUT2D eigenvalue weighted by molar-refractivity contribution is -0.121. The summed E-state index contributed by atoms with van der Waals surface area (Å²) < 4.78 is 25.7. The van der Waals surface area contributed by atoms with Crippen LogP contribution in [0.15, 0.2) is 53.4 Å². The minimum Gasteiger partial charge on any atom is -0.351 e. The van der Waals surface area contributed by atoms with Gasteiger partial charge in [0.25, 0.3) is 0 Å². The lowest BCUT2D eigenvalue weighted by Gasteiger charge is -2.15. The Morgan fingerprint density at radius 2 is 1.64 bits per heavy atom. The normalized spacial score (nSPS) is 12.2. The van der Waals surface area contributed by atoms with E-state index >= 15 is 0 Å². The van der Waals surface area contributed by atoms with Crippen LogP contribution >= 0.6 is 0 Å². The molecule has 0 aromatic heterocycles. The maximum atomic E-state index is 12.2. The van der Waals surface area contributed by atoms with E-state index in [2.05, 4.69) is 15.4 Å². The molecule has 1 atom stereocenters. The first-order valence-electron chi connectivity index (χ1n) is 8.69. The molecule has 0 heterocycles. The van der Waals surface area contributed by atoms with E-state index in [0.29, 0.717) is 12.1 Å². The highest BCUT2D eigenvalue weighted by molar-refractivity contribution is 7.89. The highest BCUT2D eigenvalue weighted by Gasteiger charge is 2.12. The molecule has 0 radical (unpaired) electrons. The van der Waals surface area contributed by atoms with E-state index in [9.17, 15) is 18.0 Å². The molecule has 150 valence electrons. The van der Waals surface area contributed by atoms with Crippen LogP contribution in [0.5, 0.6) is 0 Å². The third-order valence-electron chi connectivity index (χ3n) is 4.20. The predicted octanol–water partition coefficient (Wildman–Crippen LogP) is 1.90. The molecule has 0 aliphatic carbocycles. The first-order chi connectivity index (χ1) is 13.2. The monoisotopic (exact) mass is 404 g/mol. The molecule has 0 aliphatic rings. The van der Waals surface area contributed by atoms with Gasteiger partial charge < -0.3 is 16.4 Å². The molecule has 8 nitrogen and oxygen atoms in total. The second-order valence-electron chi connectivity index (χ2n) is 6.25. The second kappa shape index (κ2) is 9.34. The molecule has 28 heavy (non-hydrogen) atoms. The molecule has 5 N–H and O–H groups in total. The van der Waals surface area contributed by atoms with Crippen molar-refractivity contribution in [3.63, 3.8) is 0 Å². The van der Waals surface area contributed by atoms with Crippen LogP contribution in [0.3, 0.4) is 0 Å². The maximum Gasteiger partial charge on any atom is 0.316 e. The van der Waals surface area contributed by atoms with Gasteiger partial charge in [-0.05, 0) is 55.8 Å². The molecule has 0 saturated carbocycles. The lowest BCUT2D eigenvalue weighted by atomic mass is 10.1. The van der Waals surface area contributed by atoms with Crippen LogP contribution in [0.25, 0.3) is 0 Å². The smallest absolute Gasteiger partial charge is 0.316 e. The fourth-order valence-electron chi connectivity index (χ4n) is 2.61. The van der Waals surface area contributed by atoms with E-state index in [-0.39, 0.29) is 23.3 Å². The molecule has 1 unspecified atom stereocenters. The number of amides is 3. The van der Waals surface area contributed by atoms with Crippen molar-refractivity contribution in [2.75, 3.05) is 12.4 Å². The van der Waals surface area contributed by atoms with E-state index in [1.807, 2.05) is 6.92 Å². The van der Waals surface area contributed by atoms with Crippen LogP contribution in [-0.4, -0.2) is 27.4 Å². The number of hydrogen-bond acceptors (Lipinski definition) is 4. The summed E-state index contributed by atoms with van der Waals surface area (Å²) in [4.78, 5) is 23.2. The molecule has 2 aromatic carbocycles. The summed E-state index contributed by atoms with van der Waals surface area (Å²) >= 11 is 0. The molecule has 0 spiro atoms. The van der Waals surface area contributed by atoms with E-state index < -0.39 is 16.1 Å². The number of carbonyl (C=O) groups is 2. The Hall–Kier alpha value is -2.91. The number of carbonyl (C=O) groups excluding carboxylic acids is 2. The number of nitrogens with one attached hydrogen (secondary N) is 3. The Morgan fingerprint density at radius 3 is 2.18 bits per heavy atom. The average Bonchev–Trinajstić information content (AvgIpc) is 2.66. The van der Waals surface area contributed by atoms with Crippen molar-refractivity contribution in [2.45, 2.75) is 30.7 Å². The van der Waals surface area contributed by atoms with Gasteiger partial charge in [0, 0.05) is 12.1 Å². The van der Waals surface area contributed by atoms with Crippen LogP contribution in [0.1, 0.15) is 30.5 Å². The van der Waals surface area contributed by atoms with Crippen molar-refractivity contribution >= 4 is 27.6 Å². The number of aryl methyl sites for hydroxylation is 1. The van der Waals surface area contributed by atoms with Gasteiger partial charge in [-0.1, -0.05) is 24.3 Å². The van der Waals surface area contributed by atoms with Gasteiger partial charge in [-0.2, -0.15) is 0 Å². The average molecular weight is 404 g/mol. The number of hydrogen-bond donors (Lipinski definition) is 4.